The number of hydrogen-bond donors (Lipinski definition) is 1. The maximum atomic E-state index is 12.2. The minimum absolute atomic E-state index is 0.0927. The molecule has 5 nitrogen and oxygen atoms in total. The van der Waals surface area contributed by atoms with Crippen LogP contribution < -0.4 is 5.32 Å². The van der Waals surface area contributed by atoms with Gasteiger partial charge in [-0.05, 0) is 35.7 Å². The normalized spacial score (nSPS) is 11.9. The molecule has 0 unspecified atom stereocenters. The molecule has 0 aliphatic heterocycles. The van der Waals surface area contributed by atoms with Crippen molar-refractivity contribution >= 4 is 5.91 Å². The first-order chi connectivity index (χ1) is 11.2. The van der Waals surface area contributed by atoms with Crippen molar-refractivity contribution in [1.29, 1.82) is 0 Å². The van der Waals surface area contributed by atoms with Crippen molar-refractivity contribution in [2.45, 2.75) is 12.8 Å². The Morgan fingerprint density at radius 1 is 1.13 bits per heavy atom. The minimum atomic E-state index is -0.0927. The molecular formula is C18H17N3O2. The van der Waals surface area contributed by atoms with Crippen LogP contribution in [0.2, 0.25) is 0 Å². The number of carbonyl (C=O) groups excluding carboxylic acids is 1. The molecule has 0 aliphatic carbocycles. The van der Waals surface area contributed by atoms with E-state index in [1.54, 1.807) is 24.3 Å². The molecule has 3 aromatic rings. The number of amides is 1. The summed E-state index contributed by atoms with van der Waals surface area (Å²) in [6.45, 7) is 2.68. The van der Waals surface area contributed by atoms with Gasteiger partial charge in [-0.1, -0.05) is 37.3 Å². The van der Waals surface area contributed by atoms with E-state index in [0.717, 1.165) is 5.56 Å². The van der Waals surface area contributed by atoms with E-state index in [9.17, 15) is 4.79 Å². The first-order valence-electron chi connectivity index (χ1n) is 7.44. The van der Waals surface area contributed by atoms with Crippen LogP contribution in [0, 0.1) is 0 Å². The molecule has 1 atom stereocenters. The molecule has 0 aliphatic rings. The lowest BCUT2D eigenvalue weighted by Crippen LogP contribution is -2.27. The monoisotopic (exact) mass is 307 g/mol. The van der Waals surface area contributed by atoms with Gasteiger partial charge in [0, 0.05) is 17.7 Å². The second-order valence-corrected chi connectivity index (χ2v) is 5.34. The lowest BCUT2D eigenvalue weighted by Gasteiger charge is -2.13. The Balaban J connectivity index is 1.60. The highest BCUT2D eigenvalue weighted by molar-refractivity contribution is 5.94. The highest BCUT2D eigenvalue weighted by Gasteiger charge is 2.10. The van der Waals surface area contributed by atoms with Gasteiger partial charge in [0.2, 0.25) is 12.3 Å². The summed E-state index contributed by atoms with van der Waals surface area (Å²) >= 11 is 0. The number of aromatic nitrogens is 2. The Morgan fingerprint density at radius 2 is 1.87 bits per heavy atom. The molecule has 0 radical (unpaired) electrons. The second kappa shape index (κ2) is 6.87. The standard InChI is InChI=1S/C18H17N3O2/c1-13(14-5-3-2-4-6-14)11-19-17(22)15-7-9-16(10-8-15)18-21-20-12-23-18/h2-10,12-13H,11H2,1H3,(H,19,22)/t13-/m0/s1. The number of rotatable bonds is 5. The summed E-state index contributed by atoms with van der Waals surface area (Å²) in [5.41, 5.74) is 2.60. The molecule has 1 aromatic heterocycles. The van der Waals surface area contributed by atoms with Gasteiger partial charge in [-0.15, -0.1) is 10.2 Å². The van der Waals surface area contributed by atoms with E-state index in [1.165, 1.54) is 12.0 Å². The van der Waals surface area contributed by atoms with Crippen molar-refractivity contribution in [3.05, 3.63) is 72.1 Å². The predicted molar refractivity (Wildman–Crippen MR) is 86.9 cm³/mol. The van der Waals surface area contributed by atoms with Crippen LogP contribution in [0.5, 0.6) is 0 Å². The number of benzene rings is 2. The third kappa shape index (κ3) is 3.63. The van der Waals surface area contributed by atoms with E-state index >= 15 is 0 Å². The maximum Gasteiger partial charge on any atom is 0.251 e. The molecule has 0 spiro atoms. The molecule has 5 heteroatoms. The summed E-state index contributed by atoms with van der Waals surface area (Å²) in [6.07, 6.45) is 1.28. The van der Waals surface area contributed by atoms with Gasteiger partial charge >= 0.3 is 0 Å². The quantitative estimate of drug-likeness (QED) is 0.785. The fraction of sp³-hybridized carbons (Fsp3) is 0.167. The predicted octanol–water partition coefficient (Wildman–Crippen LogP) is 3.27. The minimum Gasteiger partial charge on any atom is -0.423 e. The van der Waals surface area contributed by atoms with Crippen molar-refractivity contribution in [2.24, 2.45) is 0 Å². The van der Waals surface area contributed by atoms with Gasteiger partial charge in [0.15, 0.2) is 0 Å². The number of hydrogen-bond acceptors (Lipinski definition) is 4. The molecule has 116 valence electrons. The second-order valence-electron chi connectivity index (χ2n) is 5.34. The van der Waals surface area contributed by atoms with Gasteiger partial charge < -0.3 is 9.73 Å². The van der Waals surface area contributed by atoms with E-state index in [0.29, 0.717) is 18.0 Å². The van der Waals surface area contributed by atoms with E-state index in [1.807, 2.05) is 18.2 Å². The summed E-state index contributed by atoms with van der Waals surface area (Å²) in [7, 11) is 0. The van der Waals surface area contributed by atoms with Gasteiger partial charge in [0.25, 0.3) is 5.91 Å². The van der Waals surface area contributed by atoms with E-state index in [4.69, 9.17) is 4.42 Å². The van der Waals surface area contributed by atoms with Crippen LogP contribution in [0.3, 0.4) is 0 Å². The number of nitrogens with zero attached hydrogens (tertiary/aromatic N) is 2. The summed E-state index contributed by atoms with van der Waals surface area (Å²) in [4.78, 5) is 12.2. The summed E-state index contributed by atoms with van der Waals surface area (Å²) < 4.78 is 5.13. The highest BCUT2D eigenvalue weighted by Crippen LogP contribution is 2.17. The lowest BCUT2D eigenvalue weighted by molar-refractivity contribution is 0.0951. The Labute approximate surface area is 134 Å². The number of nitrogens with one attached hydrogen (secondary N) is 1. The van der Waals surface area contributed by atoms with Crippen molar-refractivity contribution in [1.82, 2.24) is 15.5 Å². The molecule has 0 saturated heterocycles. The van der Waals surface area contributed by atoms with Crippen molar-refractivity contribution in [3.63, 3.8) is 0 Å². The smallest absolute Gasteiger partial charge is 0.251 e. The SMILES string of the molecule is C[C@@H](CNC(=O)c1ccc(-c2nnco2)cc1)c1ccccc1. The van der Waals surface area contributed by atoms with Crippen LogP contribution >= 0.6 is 0 Å². The van der Waals surface area contributed by atoms with E-state index < -0.39 is 0 Å². The molecule has 23 heavy (non-hydrogen) atoms. The highest BCUT2D eigenvalue weighted by atomic mass is 16.4. The Hall–Kier alpha value is -2.95. The molecule has 1 N–H and O–H groups in total. The van der Waals surface area contributed by atoms with Crippen LogP contribution in [-0.4, -0.2) is 22.6 Å². The summed E-state index contributed by atoms with van der Waals surface area (Å²) in [5.74, 6) is 0.609. The van der Waals surface area contributed by atoms with Crippen LogP contribution in [0.4, 0.5) is 0 Å². The summed E-state index contributed by atoms with van der Waals surface area (Å²) in [6, 6.07) is 17.2. The molecule has 1 heterocycles. The molecule has 0 fully saturated rings. The average molecular weight is 307 g/mol. The van der Waals surface area contributed by atoms with Crippen molar-refractivity contribution < 1.29 is 9.21 Å². The van der Waals surface area contributed by atoms with E-state index in [2.05, 4.69) is 34.6 Å². The van der Waals surface area contributed by atoms with E-state index in [-0.39, 0.29) is 11.8 Å². The fourth-order valence-corrected chi connectivity index (χ4v) is 2.31. The zero-order chi connectivity index (χ0) is 16.1. The van der Waals surface area contributed by atoms with Gasteiger partial charge in [0.1, 0.15) is 0 Å². The topological polar surface area (TPSA) is 68.0 Å². The molecule has 3 rings (SSSR count). The van der Waals surface area contributed by atoms with Gasteiger partial charge in [-0.25, -0.2) is 0 Å². The average Bonchev–Trinajstić information content (AvgIpc) is 3.15. The third-order valence-electron chi connectivity index (χ3n) is 3.69. The molecular weight excluding hydrogens is 290 g/mol. The Morgan fingerprint density at radius 3 is 2.52 bits per heavy atom. The largest absolute Gasteiger partial charge is 0.423 e. The molecule has 0 saturated carbocycles. The maximum absolute atomic E-state index is 12.2. The van der Waals surface area contributed by atoms with Crippen LogP contribution in [0.15, 0.2) is 65.4 Å². The van der Waals surface area contributed by atoms with Gasteiger partial charge in [-0.2, -0.15) is 0 Å². The van der Waals surface area contributed by atoms with Crippen LogP contribution in [-0.2, 0) is 0 Å². The lowest BCUT2D eigenvalue weighted by atomic mass is 10.0. The van der Waals surface area contributed by atoms with Crippen molar-refractivity contribution in [2.75, 3.05) is 6.54 Å². The van der Waals surface area contributed by atoms with Gasteiger partial charge in [-0.3, -0.25) is 4.79 Å². The zero-order valence-electron chi connectivity index (χ0n) is 12.8. The zero-order valence-corrected chi connectivity index (χ0v) is 12.8. The molecule has 1 amide bonds. The Bertz CT molecular complexity index is 753. The number of carbonyl (C=O) groups is 1. The van der Waals surface area contributed by atoms with Gasteiger partial charge in [0.05, 0.1) is 0 Å². The van der Waals surface area contributed by atoms with Crippen LogP contribution in [0.1, 0.15) is 28.8 Å². The first kappa shape index (κ1) is 15.0. The first-order valence-corrected chi connectivity index (χ1v) is 7.44. The molecule has 2 aromatic carbocycles. The van der Waals surface area contributed by atoms with Crippen LogP contribution in [0.25, 0.3) is 11.5 Å². The van der Waals surface area contributed by atoms with Crippen molar-refractivity contribution in [3.8, 4) is 11.5 Å². The fourth-order valence-electron chi connectivity index (χ4n) is 2.31. The summed E-state index contributed by atoms with van der Waals surface area (Å²) in [5, 5.41) is 10.4. The Kier molecular flexibility index (Phi) is 4.47. The molecule has 0 bridgehead atoms. The third-order valence-corrected chi connectivity index (χ3v) is 3.69.